The van der Waals surface area contributed by atoms with Crippen molar-refractivity contribution in [2.75, 3.05) is 4.90 Å². The Morgan fingerprint density at radius 1 is 0.404 bits per heavy atom. The van der Waals surface area contributed by atoms with E-state index < -0.39 is 0 Å². The van der Waals surface area contributed by atoms with Crippen LogP contribution in [0, 0.1) is 0 Å². The quantitative estimate of drug-likeness (QED) is 0.184. The predicted molar refractivity (Wildman–Crippen MR) is 190 cm³/mol. The Balaban J connectivity index is 1.26. The zero-order chi connectivity index (χ0) is 30.9. The van der Waals surface area contributed by atoms with Crippen molar-refractivity contribution in [2.45, 2.75) is 13.1 Å². The van der Waals surface area contributed by atoms with E-state index >= 15 is 0 Å². The van der Waals surface area contributed by atoms with Crippen molar-refractivity contribution in [3.8, 4) is 44.8 Å². The first-order valence-corrected chi connectivity index (χ1v) is 16.3. The lowest BCUT2D eigenvalue weighted by Crippen LogP contribution is -2.42. The fraction of sp³-hybridized carbons (Fsp3) is 0.0455. The average Bonchev–Trinajstić information content (AvgIpc) is 3.26. The van der Waals surface area contributed by atoms with E-state index in [1.807, 2.05) is 0 Å². The van der Waals surface area contributed by atoms with Gasteiger partial charge in [0.1, 0.15) is 0 Å². The van der Waals surface area contributed by atoms with Crippen molar-refractivity contribution in [1.82, 2.24) is 0 Å². The summed E-state index contributed by atoms with van der Waals surface area (Å²) < 4.78 is 4.89. The number of hydrogen-bond donors (Lipinski definition) is 0. The Bertz CT molecular complexity index is 2240. The number of anilines is 3. The number of hydrogen-bond acceptors (Lipinski definition) is 1. The van der Waals surface area contributed by atoms with Crippen molar-refractivity contribution in [2.24, 2.45) is 0 Å². The number of allylic oxidation sites excluding steroid dienone is 2. The zero-order valence-corrected chi connectivity index (χ0v) is 25.8. The highest BCUT2D eigenvalue weighted by atomic mass is 15.2. The van der Waals surface area contributed by atoms with Crippen molar-refractivity contribution in [1.29, 1.82) is 0 Å². The Morgan fingerprint density at radius 2 is 0.851 bits per heavy atom. The molecular weight excluding hydrogens is 571 g/mol. The van der Waals surface area contributed by atoms with E-state index in [9.17, 15) is 0 Å². The molecule has 3 heteroatoms. The second kappa shape index (κ2) is 10.2. The molecule has 5 aromatic carbocycles. The number of benzene rings is 5. The zero-order valence-electron chi connectivity index (χ0n) is 25.8. The molecule has 0 atom stereocenters. The van der Waals surface area contributed by atoms with Crippen LogP contribution in [0.2, 0.25) is 0 Å². The maximum Gasteiger partial charge on any atom is 0.214 e. The molecule has 3 nitrogen and oxygen atoms in total. The fourth-order valence-corrected chi connectivity index (χ4v) is 7.91. The summed E-state index contributed by atoms with van der Waals surface area (Å²) in [4.78, 5) is 2.50. The summed E-state index contributed by atoms with van der Waals surface area (Å²) in [6.45, 7) is 1.64. The molecule has 0 amide bonds. The van der Waals surface area contributed by atoms with E-state index in [-0.39, 0.29) is 0 Å². The number of para-hydroxylation sites is 1. The van der Waals surface area contributed by atoms with Crippen LogP contribution < -0.4 is 14.0 Å². The SMILES string of the molecule is c1ccc(-c2cc[n+]3c(c2)-c2cccc4c2C(=C2C[n+]5ccc(-c6ccccc6)cc5-c5cccc(c52)N4c2ccccc2)C3)cc1. The lowest BCUT2D eigenvalue weighted by atomic mass is 9.83. The lowest BCUT2D eigenvalue weighted by molar-refractivity contribution is -0.677. The van der Waals surface area contributed by atoms with Crippen LogP contribution in [0.3, 0.4) is 0 Å². The molecule has 0 unspecified atom stereocenters. The molecule has 10 rings (SSSR count). The molecule has 5 heterocycles. The van der Waals surface area contributed by atoms with Crippen LogP contribution in [0.4, 0.5) is 17.1 Å². The summed E-state index contributed by atoms with van der Waals surface area (Å²) in [5, 5.41) is 0. The summed E-state index contributed by atoms with van der Waals surface area (Å²) in [6, 6.07) is 55.3. The number of fused-ring (bicyclic) bond motifs is 4. The van der Waals surface area contributed by atoms with Gasteiger partial charge in [0, 0.05) is 52.2 Å². The Labute approximate surface area is 274 Å². The van der Waals surface area contributed by atoms with Crippen molar-refractivity contribution in [3.05, 3.63) is 175 Å². The van der Waals surface area contributed by atoms with Gasteiger partial charge in [0.25, 0.3) is 0 Å². The van der Waals surface area contributed by atoms with Crippen LogP contribution in [0.5, 0.6) is 0 Å². The number of nitrogens with zero attached hydrogens (tertiary/aromatic N) is 3. The molecular formula is C44H31N3+2. The first kappa shape index (κ1) is 26.2. The molecule has 220 valence electrons. The van der Waals surface area contributed by atoms with Gasteiger partial charge in [0.15, 0.2) is 25.5 Å². The highest BCUT2D eigenvalue weighted by Gasteiger charge is 2.41. The minimum absolute atomic E-state index is 0.818. The lowest BCUT2D eigenvalue weighted by Gasteiger charge is -2.29. The normalized spacial score (nSPS) is 13.7. The molecule has 3 aliphatic heterocycles. The Kier molecular flexibility index (Phi) is 5.70. The molecule has 7 aromatic rings. The third kappa shape index (κ3) is 4.00. The van der Waals surface area contributed by atoms with Crippen LogP contribution in [0.15, 0.2) is 164 Å². The van der Waals surface area contributed by atoms with Crippen molar-refractivity contribution >= 4 is 28.2 Å². The fourth-order valence-electron chi connectivity index (χ4n) is 7.91. The van der Waals surface area contributed by atoms with Gasteiger partial charge in [-0.3, -0.25) is 0 Å². The van der Waals surface area contributed by atoms with Gasteiger partial charge in [-0.05, 0) is 58.7 Å². The molecule has 47 heavy (non-hydrogen) atoms. The smallest absolute Gasteiger partial charge is 0.214 e. The van der Waals surface area contributed by atoms with Gasteiger partial charge >= 0.3 is 0 Å². The molecule has 0 spiro atoms. The molecule has 0 fully saturated rings. The topological polar surface area (TPSA) is 11.0 Å². The molecule has 0 bridgehead atoms. The van der Waals surface area contributed by atoms with Gasteiger partial charge in [0.2, 0.25) is 11.4 Å². The van der Waals surface area contributed by atoms with Crippen LogP contribution >= 0.6 is 0 Å². The van der Waals surface area contributed by atoms with Crippen LogP contribution in [0.25, 0.3) is 55.9 Å². The minimum atomic E-state index is 0.818. The molecule has 3 aliphatic rings. The molecule has 2 aromatic heterocycles. The van der Waals surface area contributed by atoms with Gasteiger partial charge in [0.05, 0.1) is 22.5 Å². The first-order valence-electron chi connectivity index (χ1n) is 16.3. The van der Waals surface area contributed by atoms with E-state index in [1.54, 1.807) is 0 Å². The van der Waals surface area contributed by atoms with Gasteiger partial charge < -0.3 is 4.90 Å². The number of aromatic nitrogens is 2. The summed E-state index contributed by atoms with van der Waals surface area (Å²) in [5.41, 5.74) is 19.1. The van der Waals surface area contributed by atoms with Gasteiger partial charge in [-0.1, -0.05) is 91.0 Å². The van der Waals surface area contributed by atoms with Gasteiger partial charge in [-0.15, -0.1) is 0 Å². The molecule has 0 saturated carbocycles. The number of pyridine rings is 2. The van der Waals surface area contributed by atoms with Crippen LogP contribution in [-0.4, -0.2) is 0 Å². The van der Waals surface area contributed by atoms with E-state index in [2.05, 4.69) is 178 Å². The van der Waals surface area contributed by atoms with Crippen LogP contribution in [0.1, 0.15) is 11.1 Å². The standard InChI is InChI=1S/C44H31N3/c1-4-12-30(13-5-1)32-22-24-45-28-37-38-29-46-25-23-33(31-14-6-2-7-15-31)27-42(46)36-19-11-21-40(44(36)38)47(34-16-8-3-9-17-34)39-20-10-18-35(43(37)39)41(45)26-32/h1-27H,28-29H2/q+2. The van der Waals surface area contributed by atoms with E-state index in [1.165, 1.54) is 84.1 Å². The predicted octanol–water partition coefficient (Wildman–Crippen LogP) is 9.65. The highest BCUT2D eigenvalue weighted by molar-refractivity contribution is 6.09. The minimum Gasteiger partial charge on any atom is -0.309 e. The number of rotatable bonds is 3. The van der Waals surface area contributed by atoms with Crippen molar-refractivity contribution < 1.29 is 9.13 Å². The van der Waals surface area contributed by atoms with Gasteiger partial charge in [-0.2, -0.15) is 9.13 Å². The Morgan fingerprint density at radius 3 is 1.32 bits per heavy atom. The monoisotopic (exact) mass is 601 g/mol. The molecule has 0 N–H and O–H groups in total. The highest BCUT2D eigenvalue weighted by Crippen LogP contribution is 2.54. The molecule has 0 saturated heterocycles. The van der Waals surface area contributed by atoms with Crippen LogP contribution in [-0.2, 0) is 13.1 Å². The largest absolute Gasteiger partial charge is 0.309 e. The average molecular weight is 602 g/mol. The second-order valence-electron chi connectivity index (χ2n) is 12.6. The maximum atomic E-state index is 2.50. The third-order valence-electron chi connectivity index (χ3n) is 10.0. The summed E-state index contributed by atoms with van der Waals surface area (Å²) in [5.74, 6) is 0. The van der Waals surface area contributed by atoms with Crippen molar-refractivity contribution in [3.63, 3.8) is 0 Å². The molecule has 0 radical (unpaired) electrons. The first-order chi connectivity index (χ1) is 23.3. The molecule has 0 aliphatic carbocycles. The van der Waals surface area contributed by atoms with E-state index in [0.29, 0.717) is 0 Å². The summed E-state index contributed by atoms with van der Waals surface area (Å²) >= 11 is 0. The summed E-state index contributed by atoms with van der Waals surface area (Å²) in [7, 11) is 0. The van der Waals surface area contributed by atoms with E-state index in [4.69, 9.17) is 0 Å². The maximum absolute atomic E-state index is 2.50. The van der Waals surface area contributed by atoms with Gasteiger partial charge in [-0.25, -0.2) is 0 Å². The summed E-state index contributed by atoms with van der Waals surface area (Å²) in [6.07, 6.45) is 4.56. The Hall–Kier alpha value is -6.06. The third-order valence-corrected chi connectivity index (χ3v) is 10.0. The van der Waals surface area contributed by atoms with E-state index in [0.717, 1.165) is 13.1 Å². The second-order valence-corrected chi connectivity index (χ2v) is 12.6.